The van der Waals surface area contributed by atoms with Crippen LogP contribution in [0.3, 0.4) is 0 Å². The van der Waals surface area contributed by atoms with Crippen molar-refractivity contribution in [1.82, 2.24) is 19.7 Å². The van der Waals surface area contributed by atoms with E-state index in [-0.39, 0.29) is 17.7 Å². The highest BCUT2D eigenvalue weighted by atomic mass is 16.5. The number of anilines is 1. The number of benzene rings is 1. The van der Waals surface area contributed by atoms with E-state index in [0.29, 0.717) is 18.0 Å². The Morgan fingerprint density at radius 1 is 1.05 bits per heavy atom. The van der Waals surface area contributed by atoms with E-state index < -0.39 is 0 Å². The maximum atomic E-state index is 12.4. The minimum Gasteiger partial charge on any atom is -0.491 e. The van der Waals surface area contributed by atoms with Crippen molar-refractivity contribution in [3.8, 4) is 17.6 Å². The molecule has 8 heteroatoms. The fraction of sp³-hybridized carbons (Fsp3) is 0.387. The first-order valence-electron chi connectivity index (χ1n) is 13.5. The minimum atomic E-state index is -0.149. The van der Waals surface area contributed by atoms with Gasteiger partial charge in [0.25, 0.3) is 0 Å². The van der Waals surface area contributed by atoms with Gasteiger partial charge in [0.15, 0.2) is 0 Å². The third-order valence-corrected chi connectivity index (χ3v) is 6.71. The second-order valence-corrected chi connectivity index (χ2v) is 11.0. The van der Waals surface area contributed by atoms with E-state index in [0.717, 1.165) is 34.7 Å². The summed E-state index contributed by atoms with van der Waals surface area (Å²) in [6, 6.07) is 13.3. The van der Waals surface area contributed by atoms with Crippen LogP contribution in [-0.4, -0.2) is 51.8 Å². The lowest BCUT2D eigenvalue weighted by atomic mass is 9.93. The largest absolute Gasteiger partial charge is 0.491 e. The molecule has 0 atom stereocenters. The van der Waals surface area contributed by atoms with E-state index >= 15 is 0 Å². The first kappa shape index (κ1) is 26.5. The number of hydrogen-bond donors (Lipinski definition) is 1. The summed E-state index contributed by atoms with van der Waals surface area (Å²) in [5.74, 6) is 7.78. The molecule has 1 N–H and O–H groups in total. The Hall–Kier alpha value is -4.09. The fourth-order valence-electron chi connectivity index (χ4n) is 4.50. The Labute approximate surface area is 229 Å². The molecule has 0 saturated carbocycles. The summed E-state index contributed by atoms with van der Waals surface area (Å²) >= 11 is 0. The number of piperidine rings is 1. The van der Waals surface area contributed by atoms with Gasteiger partial charge in [0.05, 0.1) is 30.0 Å². The highest BCUT2D eigenvalue weighted by Gasteiger charge is 2.20. The number of aromatic nitrogens is 3. The first-order valence-corrected chi connectivity index (χ1v) is 13.5. The molecule has 3 aromatic heterocycles. The molecule has 1 aromatic carbocycles. The van der Waals surface area contributed by atoms with Gasteiger partial charge in [-0.05, 0) is 56.3 Å². The van der Waals surface area contributed by atoms with Gasteiger partial charge in [-0.25, -0.2) is 4.52 Å². The Morgan fingerprint density at radius 3 is 2.56 bits per heavy atom. The molecule has 4 heterocycles. The van der Waals surface area contributed by atoms with Crippen molar-refractivity contribution in [3.63, 3.8) is 0 Å². The average Bonchev–Trinajstić information content (AvgIpc) is 3.55. The van der Waals surface area contributed by atoms with Crippen molar-refractivity contribution >= 4 is 17.1 Å². The van der Waals surface area contributed by atoms with Crippen LogP contribution in [0.25, 0.3) is 5.52 Å². The monoisotopic (exact) mass is 525 g/mol. The molecule has 1 aliphatic heterocycles. The van der Waals surface area contributed by atoms with Crippen molar-refractivity contribution in [3.05, 3.63) is 77.4 Å². The maximum Gasteiger partial charge on any atom is 0.230 e. The molecule has 8 nitrogen and oxygen atoms in total. The summed E-state index contributed by atoms with van der Waals surface area (Å²) in [4.78, 5) is 14.9. The van der Waals surface area contributed by atoms with Gasteiger partial charge in [0.2, 0.25) is 5.91 Å². The van der Waals surface area contributed by atoms with Crippen molar-refractivity contribution in [2.24, 2.45) is 0 Å². The van der Waals surface area contributed by atoms with E-state index in [1.807, 2.05) is 73.9 Å². The molecule has 1 amide bonds. The summed E-state index contributed by atoms with van der Waals surface area (Å²) in [7, 11) is 0. The molecule has 0 radical (unpaired) electrons. The van der Waals surface area contributed by atoms with Crippen LogP contribution in [0.2, 0.25) is 0 Å². The highest BCUT2D eigenvalue weighted by Crippen LogP contribution is 2.23. The molecule has 0 bridgehead atoms. The predicted molar refractivity (Wildman–Crippen MR) is 151 cm³/mol. The van der Waals surface area contributed by atoms with Crippen molar-refractivity contribution in [2.75, 3.05) is 31.6 Å². The summed E-state index contributed by atoms with van der Waals surface area (Å²) in [6.07, 6.45) is 7.72. The Kier molecular flexibility index (Phi) is 7.99. The Morgan fingerprint density at radius 2 is 1.82 bits per heavy atom. The summed E-state index contributed by atoms with van der Waals surface area (Å²) in [6.45, 7) is 10.1. The van der Waals surface area contributed by atoms with Crippen LogP contribution in [0.1, 0.15) is 62.6 Å². The number of carbonyl (C=O) groups excluding carboxylic acids is 1. The van der Waals surface area contributed by atoms with Gasteiger partial charge in [-0.2, -0.15) is 5.10 Å². The molecule has 4 aromatic rings. The number of carbonyl (C=O) groups is 1. The van der Waals surface area contributed by atoms with E-state index in [4.69, 9.17) is 9.26 Å². The van der Waals surface area contributed by atoms with Crippen LogP contribution in [-0.2, 0) is 16.6 Å². The molecule has 5 rings (SSSR count). The first-order chi connectivity index (χ1) is 18.8. The Bertz CT molecular complexity index is 1480. The number of nitrogens with zero attached hydrogens (tertiary/aromatic N) is 4. The van der Waals surface area contributed by atoms with Crippen LogP contribution in [0.5, 0.6) is 5.75 Å². The van der Waals surface area contributed by atoms with E-state index in [2.05, 4.69) is 32.3 Å². The SMILES string of the molecule is CC(C)(C)c1cc(CC(=O)Nc2ccc(C#Cc3cnn4cc(OCCN5CCCCC5)cc4c3)cc2)no1. The Balaban J connectivity index is 1.14. The van der Waals surface area contributed by atoms with Crippen molar-refractivity contribution < 1.29 is 14.1 Å². The summed E-state index contributed by atoms with van der Waals surface area (Å²) in [5.41, 5.74) is 3.77. The number of likely N-dealkylation sites (tertiary alicyclic amines) is 1. The van der Waals surface area contributed by atoms with E-state index in [1.165, 1.54) is 32.4 Å². The summed E-state index contributed by atoms with van der Waals surface area (Å²) in [5, 5.41) is 11.4. The molecule has 0 spiro atoms. The molecule has 202 valence electrons. The summed E-state index contributed by atoms with van der Waals surface area (Å²) < 4.78 is 13.1. The zero-order valence-electron chi connectivity index (χ0n) is 22.9. The van der Waals surface area contributed by atoms with Gasteiger partial charge in [0.1, 0.15) is 18.1 Å². The number of fused-ring (bicyclic) bond motifs is 1. The van der Waals surface area contributed by atoms with E-state index in [1.54, 1.807) is 6.20 Å². The molecule has 1 saturated heterocycles. The number of amides is 1. The minimum absolute atomic E-state index is 0.147. The zero-order valence-corrected chi connectivity index (χ0v) is 22.9. The third kappa shape index (κ3) is 7.27. The predicted octanol–water partition coefficient (Wildman–Crippen LogP) is 5.07. The van der Waals surface area contributed by atoms with Crippen LogP contribution >= 0.6 is 0 Å². The molecule has 1 aliphatic rings. The second kappa shape index (κ2) is 11.7. The number of rotatable bonds is 7. The standard InChI is InChI=1S/C31H35N5O3/c1-31(2,3)29-18-26(34-39-29)19-30(37)33-25-11-9-23(10-12-25)7-8-24-17-27-20-28(22-36(27)32-21-24)38-16-15-35-13-5-4-6-14-35/h9-12,17-18,20-22H,4-6,13-16,19H2,1-3H3,(H,33,37). The van der Waals surface area contributed by atoms with Gasteiger partial charge in [-0.3, -0.25) is 9.69 Å². The van der Waals surface area contributed by atoms with Crippen LogP contribution in [0.15, 0.2) is 59.4 Å². The molecule has 39 heavy (non-hydrogen) atoms. The lowest BCUT2D eigenvalue weighted by molar-refractivity contribution is -0.115. The third-order valence-electron chi connectivity index (χ3n) is 6.71. The maximum absolute atomic E-state index is 12.4. The van der Waals surface area contributed by atoms with Crippen LogP contribution in [0, 0.1) is 11.8 Å². The number of ether oxygens (including phenoxy) is 1. The number of nitrogens with one attached hydrogen (secondary N) is 1. The van der Waals surface area contributed by atoms with E-state index in [9.17, 15) is 4.79 Å². The zero-order chi connectivity index (χ0) is 27.2. The van der Waals surface area contributed by atoms with Crippen molar-refractivity contribution in [2.45, 2.75) is 51.9 Å². The smallest absolute Gasteiger partial charge is 0.230 e. The quantitative estimate of drug-likeness (QED) is 0.339. The highest BCUT2D eigenvalue weighted by molar-refractivity contribution is 5.92. The second-order valence-electron chi connectivity index (χ2n) is 11.0. The number of hydrogen-bond acceptors (Lipinski definition) is 6. The molecular formula is C31H35N5O3. The molecule has 0 unspecified atom stereocenters. The molecular weight excluding hydrogens is 490 g/mol. The van der Waals surface area contributed by atoms with Gasteiger partial charge in [0, 0.05) is 40.9 Å². The van der Waals surface area contributed by atoms with Gasteiger partial charge < -0.3 is 14.6 Å². The lowest BCUT2D eigenvalue weighted by Gasteiger charge is -2.25. The fourth-order valence-corrected chi connectivity index (χ4v) is 4.50. The van der Waals surface area contributed by atoms with Crippen LogP contribution < -0.4 is 10.1 Å². The van der Waals surface area contributed by atoms with Gasteiger partial charge >= 0.3 is 0 Å². The molecule has 1 fully saturated rings. The van der Waals surface area contributed by atoms with Gasteiger partial charge in [-0.15, -0.1) is 0 Å². The lowest BCUT2D eigenvalue weighted by Crippen LogP contribution is -2.33. The van der Waals surface area contributed by atoms with Gasteiger partial charge in [-0.1, -0.05) is 44.2 Å². The van der Waals surface area contributed by atoms with Crippen LogP contribution in [0.4, 0.5) is 5.69 Å². The van der Waals surface area contributed by atoms with Crippen molar-refractivity contribution in [1.29, 1.82) is 0 Å². The normalized spacial score (nSPS) is 14.1. The average molecular weight is 526 g/mol. The topological polar surface area (TPSA) is 84.9 Å². The molecule has 0 aliphatic carbocycles.